The summed E-state index contributed by atoms with van der Waals surface area (Å²) in [6, 6.07) is 1.21. The van der Waals surface area contributed by atoms with Gasteiger partial charge in [-0.2, -0.15) is 4.99 Å². The van der Waals surface area contributed by atoms with Gasteiger partial charge in [-0.05, 0) is 25.7 Å². The number of rotatable bonds is 2. The molecule has 0 heterocycles. The fraction of sp³-hybridized carbons (Fsp3) is 0.778. The minimum atomic E-state index is 0.258. The molecule has 0 unspecified atom stereocenters. The van der Waals surface area contributed by atoms with E-state index in [1.54, 1.807) is 7.05 Å². The lowest BCUT2D eigenvalue weighted by atomic mass is 10.5. The van der Waals surface area contributed by atoms with E-state index in [0.29, 0.717) is 18.0 Å². The van der Waals surface area contributed by atoms with E-state index >= 15 is 0 Å². The molecule has 0 atom stereocenters. The molecule has 4 N–H and O–H groups in total. The summed E-state index contributed by atoms with van der Waals surface area (Å²) in [5.41, 5.74) is 11.4. The Hall–Kier alpha value is -1.26. The molecule has 2 aliphatic carbocycles. The summed E-state index contributed by atoms with van der Waals surface area (Å²) in [7, 11) is 1.62. The molecule has 0 bridgehead atoms. The van der Waals surface area contributed by atoms with Crippen molar-refractivity contribution in [2.75, 3.05) is 7.05 Å². The Balaban J connectivity index is 2.05. The van der Waals surface area contributed by atoms with Crippen LogP contribution in [0.2, 0.25) is 0 Å². The zero-order valence-electron chi connectivity index (χ0n) is 8.48. The van der Waals surface area contributed by atoms with Crippen molar-refractivity contribution in [3.05, 3.63) is 0 Å². The SMILES string of the molecule is CN=C(N)/N=C(\N)N(C1CC1)C1CC1. The van der Waals surface area contributed by atoms with Crippen molar-refractivity contribution in [1.29, 1.82) is 0 Å². The van der Waals surface area contributed by atoms with E-state index in [1.165, 1.54) is 25.7 Å². The van der Waals surface area contributed by atoms with Crippen LogP contribution in [0.4, 0.5) is 0 Å². The molecule has 0 radical (unpaired) electrons. The number of nitrogens with two attached hydrogens (primary N) is 2. The number of hydrogen-bond acceptors (Lipinski definition) is 1. The van der Waals surface area contributed by atoms with Gasteiger partial charge in [-0.15, -0.1) is 0 Å². The summed E-state index contributed by atoms with van der Waals surface area (Å²) in [5.74, 6) is 0.798. The largest absolute Gasteiger partial charge is 0.369 e. The first-order valence-electron chi connectivity index (χ1n) is 5.07. The van der Waals surface area contributed by atoms with Crippen LogP contribution < -0.4 is 11.5 Å². The van der Waals surface area contributed by atoms with Crippen molar-refractivity contribution in [3.63, 3.8) is 0 Å². The third kappa shape index (κ3) is 1.97. The Morgan fingerprint density at radius 3 is 2.00 bits per heavy atom. The molecule has 2 saturated carbocycles. The number of aliphatic imine (C=N–C) groups is 2. The van der Waals surface area contributed by atoms with Crippen LogP contribution in [-0.2, 0) is 0 Å². The first-order valence-corrected chi connectivity index (χ1v) is 5.07. The molecule has 0 aliphatic heterocycles. The molecule has 0 aromatic carbocycles. The fourth-order valence-corrected chi connectivity index (χ4v) is 1.60. The number of guanidine groups is 2. The molecule has 78 valence electrons. The van der Waals surface area contributed by atoms with Crippen LogP contribution >= 0.6 is 0 Å². The molecule has 2 fully saturated rings. The summed E-state index contributed by atoms with van der Waals surface area (Å²) in [5, 5.41) is 0. The van der Waals surface area contributed by atoms with Gasteiger partial charge in [0, 0.05) is 19.1 Å². The second-order valence-electron chi connectivity index (χ2n) is 3.92. The molecule has 5 nitrogen and oxygen atoms in total. The lowest BCUT2D eigenvalue weighted by Gasteiger charge is -2.22. The van der Waals surface area contributed by atoms with Crippen LogP contribution in [0, 0.1) is 0 Å². The van der Waals surface area contributed by atoms with Gasteiger partial charge in [0.05, 0.1) is 0 Å². The number of hydrogen-bond donors (Lipinski definition) is 2. The standard InChI is InChI=1S/C9H17N5/c1-12-8(10)13-9(11)14(6-2-3-6)7-4-5-7/h6-7H,2-5H2,1H3,(H4,10,11,12,13). The maximum Gasteiger partial charge on any atom is 0.218 e. The molecule has 0 aromatic rings. The summed E-state index contributed by atoms with van der Waals surface area (Å²) >= 11 is 0. The van der Waals surface area contributed by atoms with E-state index in [-0.39, 0.29) is 5.96 Å². The summed E-state index contributed by atoms with van der Waals surface area (Å²) in [6.45, 7) is 0. The predicted molar refractivity (Wildman–Crippen MR) is 57.1 cm³/mol. The van der Waals surface area contributed by atoms with Crippen LogP contribution in [0.5, 0.6) is 0 Å². The van der Waals surface area contributed by atoms with Crippen LogP contribution in [0.3, 0.4) is 0 Å². The van der Waals surface area contributed by atoms with Crippen LogP contribution in [-0.4, -0.2) is 36.0 Å². The molecule has 0 aromatic heterocycles. The van der Waals surface area contributed by atoms with Gasteiger partial charge in [0.15, 0.2) is 5.96 Å². The smallest absolute Gasteiger partial charge is 0.218 e. The molecule has 2 rings (SSSR count). The predicted octanol–water partition coefficient (Wildman–Crippen LogP) is -0.128. The maximum atomic E-state index is 5.89. The summed E-state index contributed by atoms with van der Waals surface area (Å²) in [4.78, 5) is 10.0. The highest BCUT2D eigenvalue weighted by molar-refractivity contribution is 5.93. The zero-order chi connectivity index (χ0) is 10.1. The second-order valence-corrected chi connectivity index (χ2v) is 3.92. The first-order chi connectivity index (χ1) is 6.72. The van der Waals surface area contributed by atoms with Gasteiger partial charge in [0.25, 0.3) is 0 Å². The van der Waals surface area contributed by atoms with Gasteiger partial charge in [0.2, 0.25) is 5.96 Å². The lowest BCUT2D eigenvalue weighted by molar-refractivity contribution is 0.395. The first kappa shape index (κ1) is 9.30. The monoisotopic (exact) mass is 195 g/mol. The van der Waals surface area contributed by atoms with E-state index in [1.807, 2.05) is 0 Å². The topological polar surface area (TPSA) is 80.0 Å². The Labute approximate surface area is 83.9 Å². The highest BCUT2D eigenvalue weighted by Gasteiger charge is 2.40. The highest BCUT2D eigenvalue weighted by Crippen LogP contribution is 2.36. The van der Waals surface area contributed by atoms with Gasteiger partial charge >= 0.3 is 0 Å². The van der Waals surface area contributed by atoms with Gasteiger partial charge in [-0.3, -0.25) is 4.99 Å². The maximum absolute atomic E-state index is 5.89. The van der Waals surface area contributed by atoms with Crippen molar-refractivity contribution >= 4 is 11.9 Å². The molecule has 0 amide bonds. The molecular formula is C9H17N5. The van der Waals surface area contributed by atoms with Crippen LogP contribution in [0.15, 0.2) is 9.98 Å². The van der Waals surface area contributed by atoms with Crippen molar-refractivity contribution in [1.82, 2.24) is 4.90 Å². The van der Waals surface area contributed by atoms with Crippen LogP contribution in [0.25, 0.3) is 0 Å². The van der Waals surface area contributed by atoms with E-state index in [4.69, 9.17) is 11.5 Å². The third-order valence-corrected chi connectivity index (χ3v) is 2.60. The minimum Gasteiger partial charge on any atom is -0.369 e. The Bertz CT molecular complexity index is 263. The van der Waals surface area contributed by atoms with Crippen molar-refractivity contribution < 1.29 is 0 Å². The van der Waals surface area contributed by atoms with E-state index < -0.39 is 0 Å². The second kappa shape index (κ2) is 3.48. The molecule has 2 aliphatic rings. The molecule has 5 heteroatoms. The molecule has 0 saturated heterocycles. The Kier molecular flexibility index (Phi) is 2.31. The van der Waals surface area contributed by atoms with E-state index in [2.05, 4.69) is 14.9 Å². The molecular weight excluding hydrogens is 178 g/mol. The van der Waals surface area contributed by atoms with Crippen LogP contribution in [0.1, 0.15) is 25.7 Å². The number of nitrogens with zero attached hydrogens (tertiary/aromatic N) is 3. The molecule has 14 heavy (non-hydrogen) atoms. The fourth-order valence-electron chi connectivity index (χ4n) is 1.60. The zero-order valence-corrected chi connectivity index (χ0v) is 8.48. The van der Waals surface area contributed by atoms with Gasteiger partial charge < -0.3 is 16.4 Å². The average molecular weight is 195 g/mol. The van der Waals surface area contributed by atoms with Gasteiger partial charge in [0.1, 0.15) is 0 Å². The lowest BCUT2D eigenvalue weighted by Crippen LogP contribution is -2.41. The summed E-state index contributed by atoms with van der Waals surface area (Å²) in [6.07, 6.45) is 4.93. The third-order valence-electron chi connectivity index (χ3n) is 2.60. The van der Waals surface area contributed by atoms with Crippen molar-refractivity contribution in [3.8, 4) is 0 Å². The van der Waals surface area contributed by atoms with Gasteiger partial charge in [-0.1, -0.05) is 0 Å². The quantitative estimate of drug-likeness (QED) is 0.476. The molecule has 0 spiro atoms. The Morgan fingerprint density at radius 1 is 1.14 bits per heavy atom. The minimum absolute atomic E-state index is 0.258. The highest BCUT2D eigenvalue weighted by atomic mass is 15.3. The normalized spacial score (nSPS) is 23.8. The summed E-state index contributed by atoms with van der Waals surface area (Å²) < 4.78 is 0. The average Bonchev–Trinajstić information content (AvgIpc) is 2.97. The van der Waals surface area contributed by atoms with E-state index in [9.17, 15) is 0 Å². The van der Waals surface area contributed by atoms with Crippen molar-refractivity contribution in [2.24, 2.45) is 21.5 Å². The van der Waals surface area contributed by atoms with Gasteiger partial charge in [-0.25, -0.2) is 0 Å². The van der Waals surface area contributed by atoms with Crippen molar-refractivity contribution in [2.45, 2.75) is 37.8 Å². The van der Waals surface area contributed by atoms with E-state index in [0.717, 1.165) is 0 Å². The Morgan fingerprint density at radius 2 is 1.64 bits per heavy atom.